The summed E-state index contributed by atoms with van der Waals surface area (Å²) < 4.78 is 6.02. The normalized spacial score (nSPS) is 26.2. The Bertz CT molecular complexity index is 340. The molecule has 1 aliphatic heterocycles. The summed E-state index contributed by atoms with van der Waals surface area (Å²) in [5.74, 6) is 0.951. The van der Waals surface area contributed by atoms with Crippen molar-refractivity contribution in [2.45, 2.75) is 64.0 Å². The first kappa shape index (κ1) is 15.6. The highest BCUT2D eigenvalue weighted by molar-refractivity contribution is 5.79. The predicted molar refractivity (Wildman–Crippen MR) is 80.0 cm³/mol. The molecule has 0 radical (unpaired) electrons. The third-order valence-electron chi connectivity index (χ3n) is 4.63. The summed E-state index contributed by atoms with van der Waals surface area (Å²) in [4.78, 5) is 2.52. The van der Waals surface area contributed by atoms with Gasteiger partial charge in [0.1, 0.15) is 5.84 Å². The van der Waals surface area contributed by atoms with Gasteiger partial charge in [-0.2, -0.15) is 0 Å². The zero-order chi connectivity index (χ0) is 14.6. The van der Waals surface area contributed by atoms with Crippen molar-refractivity contribution in [3.8, 4) is 0 Å². The molecule has 2 aliphatic rings. The molecule has 1 saturated heterocycles. The van der Waals surface area contributed by atoms with Crippen LogP contribution in [0.4, 0.5) is 0 Å². The molecule has 3 N–H and O–H groups in total. The predicted octanol–water partition coefficient (Wildman–Crippen LogP) is 2.18. The van der Waals surface area contributed by atoms with Crippen molar-refractivity contribution in [1.82, 2.24) is 4.90 Å². The minimum atomic E-state index is 0.175. The van der Waals surface area contributed by atoms with E-state index in [0.29, 0.717) is 24.2 Å². The fourth-order valence-electron chi connectivity index (χ4n) is 3.43. The second-order valence-corrected chi connectivity index (χ2v) is 6.76. The monoisotopic (exact) mass is 283 g/mol. The van der Waals surface area contributed by atoms with Crippen molar-refractivity contribution in [2.75, 3.05) is 19.7 Å². The number of rotatable bonds is 6. The Hall–Kier alpha value is -0.810. The molecular weight excluding hydrogens is 254 g/mol. The molecule has 1 aliphatic carbocycles. The van der Waals surface area contributed by atoms with Crippen molar-refractivity contribution in [2.24, 2.45) is 16.8 Å². The first-order chi connectivity index (χ1) is 9.54. The van der Waals surface area contributed by atoms with Crippen LogP contribution in [0, 0.1) is 5.92 Å². The molecular formula is C15H29N3O2. The van der Waals surface area contributed by atoms with Crippen molar-refractivity contribution in [3.63, 3.8) is 0 Å². The highest BCUT2D eigenvalue weighted by Crippen LogP contribution is 2.43. The first-order valence-electron chi connectivity index (χ1n) is 7.89. The van der Waals surface area contributed by atoms with Crippen LogP contribution in [0.1, 0.15) is 52.4 Å². The molecule has 5 heteroatoms. The number of amidine groups is 1. The average molecular weight is 283 g/mol. The van der Waals surface area contributed by atoms with E-state index in [2.05, 4.69) is 23.9 Å². The summed E-state index contributed by atoms with van der Waals surface area (Å²) in [6.07, 6.45) is 6.63. The van der Waals surface area contributed by atoms with E-state index in [1.807, 2.05) is 0 Å². The molecule has 2 fully saturated rings. The molecule has 1 spiro atoms. The van der Waals surface area contributed by atoms with Crippen LogP contribution in [-0.4, -0.2) is 47.3 Å². The quantitative estimate of drug-likeness (QED) is 0.339. The molecule has 1 saturated carbocycles. The van der Waals surface area contributed by atoms with Crippen LogP contribution in [0.3, 0.4) is 0 Å². The maximum Gasteiger partial charge on any atom is 0.140 e. The van der Waals surface area contributed by atoms with Gasteiger partial charge in [-0.3, -0.25) is 4.90 Å². The minimum Gasteiger partial charge on any atom is -0.409 e. The molecule has 0 bridgehead atoms. The SMILES string of the molecule is CC(C)CN(CCC(N)=NO)C1CCOC2(CCC2)C1. The average Bonchev–Trinajstić information content (AvgIpc) is 2.41. The molecule has 1 atom stereocenters. The van der Waals surface area contributed by atoms with Crippen LogP contribution in [0.2, 0.25) is 0 Å². The van der Waals surface area contributed by atoms with Crippen LogP contribution < -0.4 is 5.73 Å². The fourth-order valence-corrected chi connectivity index (χ4v) is 3.43. The Balaban J connectivity index is 1.94. The minimum absolute atomic E-state index is 0.175. The maximum absolute atomic E-state index is 8.69. The van der Waals surface area contributed by atoms with E-state index in [4.69, 9.17) is 15.7 Å². The lowest BCUT2D eigenvalue weighted by atomic mass is 9.73. The van der Waals surface area contributed by atoms with E-state index in [-0.39, 0.29) is 5.60 Å². The van der Waals surface area contributed by atoms with Crippen molar-refractivity contribution >= 4 is 5.84 Å². The molecule has 0 amide bonds. The maximum atomic E-state index is 8.69. The third kappa shape index (κ3) is 3.85. The van der Waals surface area contributed by atoms with Gasteiger partial charge in [0.2, 0.25) is 0 Å². The van der Waals surface area contributed by atoms with Gasteiger partial charge < -0.3 is 15.7 Å². The van der Waals surface area contributed by atoms with E-state index in [1.165, 1.54) is 19.3 Å². The van der Waals surface area contributed by atoms with E-state index < -0.39 is 0 Å². The topological polar surface area (TPSA) is 71.1 Å². The standard InChI is InChI=1S/C15H29N3O2/c1-12(2)11-18(8-4-14(16)17-19)13-5-9-20-15(10-13)6-3-7-15/h12-13,19H,3-11H2,1-2H3,(H2,16,17). The van der Waals surface area contributed by atoms with Gasteiger partial charge in [0.05, 0.1) is 5.60 Å². The second kappa shape index (κ2) is 6.76. The fraction of sp³-hybridized carbons (Fsp3) is 0.933. The van der Waals surface area contributed by atoms with Crippen LogP contribution in [0.15, 0.2) is 5.16 Å². The van der Waals surface area contributed by atoms with Gasteiger partial charge in [-0.1, -0.05) is 19.0 Å². The van der Waals surface area contributed by atoms with E-state index in [9.17, 15) is 0 Å². The number of oxime groups is 1. The largest absolute Gasteiger partial charge is 0.409 e. The number of nitrogens with two attached hydrogens (primary N) is 1. The zero-order valence-electron chi connectivity index (χ0n) is 12.8. The Labute approximate surface area is 122 Å². The summed E-state index contributed by atoms with van der Waals surface area (Å²) in [5.41, 5.74) is 5.80. The molecule has 0 aromatic rings. The van der Waals surface area contributed by atoms with Gasteiger partial charge >= 0.3 is 0 Å². The number of ether oxygens (including phenoxy) is 1. The van der Waals surface area contributed by atoms with E-state index in [0.717, 1.165) is 32.5 Å². The smallest absolute Gasteiger partial charge is 0.140 e. The Kier molecular flexibility index (Phi) is 5.27. The van der Waals surface area contributed by atoms with Gasteiger partial charge in [0.15, 0.2) is 0 Å². The number of nitrogens with zero attached hydrogens (tertiary/aromatic N) is 2. The lowest BCUT2D eigenvalue weighted by Gasteiger charge is -2.50. The van der Waals surface area contributed by atoms with Crippen LogP contribution in [0.5, 0.6) is 0 Å². The van der Waals surface area contributed by atoms with Gasteiger partial charge in [-0.15, -0.1) is 0 Å². The Morgan fingerprint density at radius 3 is 2.80 bits per heavy atom. The van der Waals surface area contributed by atoms with Gasteiger partial charge in [0, 0.05) is 32.2 Å². The Morgan fingerprint density at radius 1 is 1.50 bits per heavy atom. The zero-order valence-corrected chi connectivity index (χ0v) is 12.8. The molecule has 116 valence electrons. The Morgan fingerprint density at radius 2 is 2.25 bits per heavy atom. The summed E-state index contributed by atoms with van der Waals surface area (Å²) >= 11 is 0. The highest BCUT2D eigenvalue weighted by atomic mass is 16.5. The van der Waals surface area contributed by atoms with Gasteiger partial charge in [0.25, 0.3) is 0 Å². The van der Waals surface area contributed by atoms with Crippen molar-refractivity contribution in [1.29, 1.82) is 0 Å². The first-order valence-corrected chi connectivity index (χ1v) is 7.89. The highest BCUT2D eigenvalue weighted by Gasteiger charge is 2.43. The van der Waals surface area contributed by atoms with Crippen molar-refractivity contribution in [3.05, 3.63) is 0 Å². The van der Waals surface area contributed by atoms with Gasteiger partial charge in [-0.05, 0) is 38.0 Å². The third-order valence-corrected chi connectivity index (χ3v) is 4.63. The lowest BCUT2D eigenvalue weighted by molar-refractivity contribution is -0.149. The molecule has 20 heavy (non-hydrogen) atoms. The van der Waals surface area contributed by atoms with Gasteiger partial charge in [-0.25, -0.2) is 0 Å². The molecule has 1 unspecified atom stereocenters. The number of hydrogen-bond donors (Lipinski definition) is 2. The summed E-state index contributed by atoms with van der Waals surface area (Å²) in [7, 11) is 0. The van der Waals surface area contributed by atoms with E-state index in [1.54, 1.807) is 0 Å². The van der Waals surface area contributed by atoms with Crippen molar-refractivity contribution < 1.29 is 9.94 Å². The lowest BCUT2D eigenvalue weighted by Crippen LogP contribution is -2.53. The van der Waals surface area contributed by atoms with Crippen LogP contribution in [0.25, 0.3) is 0 Å². The summed E-state index contributed by atoms with van der Waals surface area (Å²) in [6, 6.07) is 0.581. The summed E-state index contributed by atoms with van der Waals surface area (Å²) in [6.45, 7) is 7.31. The molecule has 0 aromatic heterocycles. The number of hydrogen-bond acceptors (Lipinski definition) is 4. The molecule has 1 heterocycles. The van der Waals surface area contributed by atoms with Crippen LogP contribution in [-0.2, 0) is 4.74 Å². The second-order valence-electron chi connectivity index (χ2n) is 6.76. The molecule has 2 rings (SSSR count). The molecule has 0 aromatic carbocycles. The molecule has 5 nitrogen and oxygen atoms in total. The van der Waals surface area contributed by atoms with Crippen LogP contribution >= 0.6 is 0 Å². The van der Waals surface area contributed by atoms with E-state index >= 15 is 0 Å². The summed E-state index contributed by atoms with van der Waals surface area (Å²) in [5, 5.41) is 11.8.